The number of likely N-dealkylation sites (tertiary alicyclic amines) is 1. The fourth-order valence-electron chi connectivity index (χ4n) is 2.53. The summed E-state index contributed by atoms with van der Waals surface area (Å²) in [6.45, 7) is 1.33. The summed E-state index contributed by atoms with van der Waals surface area (Å²) < 4.78 is 30.5. The van der Waals surface area contributed by atoms with E-state index >= 15 is 0 Å². The second kappa shape index (κ2) is 8.41. The first-order chi connectivity index (χ1) is 11.9. The Bertz CT molecular complexity index is 661. The van der Waals surface area contributed by atoms with Crippen molar-refractivity contribution >= 4 is 23.6 Å². The molecule has 0 spiro atoms. The minimum Gasteiger partial charge on any atom is -0.453 e. The van der Waals surface area contributed by atoms with Gasteiger partial charge in [-0.1, -0.05) is 0 Å². The highest BCUT2D eigenvalue weighted by molar-refractivity contribution is 6.39. The molecule has 1 fully saturated rings. The van der Waals surface area contributed by atoms with E-state index in [2.05, 4.69) is 15.4 Å². The largest absolute Gasteiger partial charge is 0.453 e. The summed E-state index contributed by atoms with van der Waals surface area (Å²) in [6, 6.07) is 2.81. The van der Waals surface area contributed by atoms with Gasteiger partial charge in [0.2, 0.25) is 0 Å². The van der Waals surface area contributed by atoms with Crippen molar-refractivity contribution in [3.63, 3.8) is 0 Å². The Kier molecular flexibility index (Phi) is 6.26. The molecule has 3 amide bonds. The van der Waals surface area contributed by atoms with Gasteiger partial charge in [-0.2, -0.15) is 0 Å². The van der Waals surface area contributed by atoms with Crippen LogP contribution in [-0.2, 0) is 14.3 Å². The second-order valence-corrected chi connectivity index (χ2v) is 5.69. The highest BCUT2D eigenvalue weighted by Gasteiger charge is 2.24. The Morgan fingerprint density at radius 1 is 1.16 bits per heavy atom. The van der Waals surface area contributed by atoms with E-state index in [0.29, 0.717) is 32.5 Å². The standard InChI is InChI=1S/C16H19F2N3O4/c1-25-16(24)21-6-4-10(5-7-21)9-19-14(22)15(23)20-11-2-3-12(17)13(18)8-11/h2-3,8,10H,4-7,9H2,1H3,(H,19,22)(H,20,23). The molecule has 1 aliphatic heterocycles. The smallest absolute Gasteiger partial charge is 0.409 e. The lowest BCUT2D eigenvalue weighted by Gasteiger charge is -2.30. The average molecular weight is 355 g/mol. The lowest BCUT2D eigenvalue weighted by atomic mass is 9.97. The molecule has 1 aliphatic rings. The van der Waals surface area contributed by atoms with Crippen LogP contribution in [0.4, 0.5) is 19.3 Å². The Labute approximate surface area is 143 Å². The van der Waals surface area contributed by atoms with E-state index in [1.54, 1.807) is 4.90 Å². The summed E-state index contributed by atoms with van der Waals surface area (Å²) >= 11 is 0. The van der Waals surface area contributed by atoms with Gasteiger partial charge >= 0.3 is 17.9 Å². The summed E-state index contributed by atoms with van der Waals surface area (Å²) in [7, 11) is 1.32. The van der Waals surface area contributed by atoms with Gasteiger partial charge in [0.15, 0.2) is 11.6 Å². The van der Waals surface area contributed by atoms with E-state index in [-0.39, 0.29) is 17.7 Å². The maximum Gasteiger partial charge on any atom is 0.409 e. The van der Waals surface area contributed by atoms with E-state index in [9.17, 15) is 23.2 Å². The van der Waals surface area contributed by atoms with Crippen molar-refractivity contribution in [1.29, 1.82) is 0 Å². The molecular formula is C16H19F2N3O4. The topological polar surface area (TPSA) is 87.7 Å². The number of rotatable bonds is 3. The average Bonchev–Trinajstić information content (AvgIpc) is 2.62. The summed E-state index contributed by atoms with van der Waals surface area (Å²) in [5.74, 6) is -3.84. The van der Waals surface area contributed by atoms with Crippen molar-refractivity contribution in [2.75, 3.05) is 32.1 Å². The number of methoxy groups -OCH3 is 1. The zero-order valence-electron chi connectivity index (χ0n) is 13.7. The summed E-state index contributed by atoms with van der Waals surface area (Å²) in [4.78, 5) is 36.5. The number of halogens is 2. The normalized spacial score (nSPS) is 14.8. The molecule has 25 heavy (non-hydrogen) atoms. The molecule has 1 saturated heterocycles. The molecule has 0 unspecified atom stereocenters. The van der Waals surface area contributed by atoms with Crippen LogP contribution in [0.1, 0.15) is 12.8 Å². The zero-order valence-corrected chi connectivity index (χ0v) is 13.7. The van der Waals surface area contributed by atoms with Gasteiger partial charge in [0.1, 0.15) is 0 Å². The van der Waals surface area contributed by atoms with Gasteiger partial charge in [0.25, 0.3) is 0 Å². The summed E-state index contributed by atoms with van der Waals surface area (Å²) in [5.41, 5.74) is -0.00886. The fourth-order valence-corrected chi connectivity index (χ4v) is 2.53. The van der Waals surface area contributed by atoms with Gasteiger partial charge in [-0.15, -0.1) is 0 Å². The van der Waals surface area contributed by atoms with Gasteiger partial charge in [0.05, 0.1) is 7.11 Å². The number of hydrogen-bond donors (Lipinski definition) is 2. The summed E-state index contributed by atoms with van der Waals surface area (Å²) in [5, 5.41) is 4.70. The van der Waals surface area contributed by atoms with Crippen molar-refractivity contribution in [2.24, 2.45) is 5.92 Å². The van der Waals surface area contributed by atoms with Crippen molar-refractivity contribution in [3.8, 4) is 0 Å². The van der Waals surface area contributed by atoms with Crippen LogP contribution in [0, 0.1) is 17.6 Å². The third-order valence-electron chi connectivity index (χ3n) is 3.98. The molecule has 0 bridgehead atoms. The number of hydrogen-bond acceptors (Lipinski definition) is 4. The van der Waals surface area contributed by atoms with Crippen LogP contribution in [0.5, 0.6) is 0 Å². The van der Waals surface area contributed by atoms with Gasteiger partial charge in [-0.25, -0.2) is 13.6 Å². The Hall–Kier alpha value is -2.71. The van der Waals surface area contributed by atoms with E-state index in [1.807, 2.05) is 0 Å². The molecule has 0 radical (unpaired) electrons. The molecular weight excluding hydrogens is 336 g/mol. The molecule has 1 aromatic carbocycles. The number of piperidine rings is 1. The lowest BCUT2D eigenvalue weighted by Crippen LogP contribution is -2.43. The Morgan fingerprint density at radius 3 is 2.44 bits per heavy atom. The van der Waals surface area contributed by atoms with Gasteiger partial charge in [-0.3, -0.25) is 9.59 Å². The van der Waals surface area contributed by atoms with Crippen LogP contribution < -0.4 is 10.6 Å². The third-order valence-corrected chi connectivity index (χ3v) is 3.98. The quantitative estimate of drug-likeness (QED) is 0.805. The number of carbonyl (C=O) groups is 3. The summed E-state index contributed by atoms with van der Waals surface area (Å²) in [6.07, 6.45) is 0.980. The number of anilines is 1. The van der Waals surface area contributed by atoms with Crippen LogP contribution in [0.2, 0.25) is 0 Å². The van der Waals surface area contributed by atoms with Gasteiger partial charge in [-0.05, 0) is 30.9 Å². The number of amides is 3. The number of nitrogens with zero attached hydrogens (tertiary/aromatic N) is 1. The first-order valence-corrected chi connectivity index (χ1v) is 7.78. The predicted molar refractivity (Wildman–Crippen MR) is 84.7 cm³/mol. The number of carbonyl (C=O) groups excluding carboxylic acids is 3. The molecule has 2 rings (SSSR count). The highest BCUT2D eigenvalue weighted by Crippen LogP contribution is 2.17. The van der Waals surface area contributed by atoms with Crippen molar-refractivity contribution < 1.29 is 27.9 Å². The SMILES string of the molecule is COC(=O)N1CCC(CNC(=O)C(=O)Nc2ccc(F)c(F)c2)CC1. The maximum absolute atomic E-state index is 13.1. The predicted octanol–water partition coefficient (Wildman–Crippen LogP) is 1.50. The second-order valence-electron chi connectivity index (χ2n) is 5.69. The minimum atomic E-state index is -1.12. The van der Waals surface area contributed by atoms with Gasteiger partial charge < -0.3 is 20.3 Å². The number of benzene rings is 1. The maximum atomic E-state index is 13.1. The zero-order chi connectivity index (χ0) is 18.4. The van der Waals surface area contributed by atoms with E-state index in [4.69, 9.17) is 0 Å². The molecule has 0 saturated carbocycles. The van der Waals surface area contributed by atoms with Crippen LogP contribution in [0.3, 0.4) is 0 Å². The molecule has 0 atom stereocenters. The number of ether oxygens (including phenoxy) is 1. The fraction of sp³-hybridized carbons (Fsp3) is 0.438. The van der Waals surface area contributed by atoms with Crippen molar-refractivity contribution in [2.45, 2.75) is 12.8 Å². The van der Waals surface area contributed by atoms with Crippen molar-refractivity contribution in [1.82, 2.24) is 10.2 Å². The van der Waals surface area contributed by atoms with E-state index < -0.39 is 23.4 Å². The first kappa shape index (κ1) is 18.6. The van der Waals surface area contributed by atoms with Crippen LogP contribution >= 0.6 is 0 Å². The molecule has 9 heteroatoms. The Balaban J connectivity index is 1.75. The van der Waals surface area contributed by atoms with Crippen molar-refractivity contribution in [3.05, 3.63) is 29.8 Å². The van der Waals surface area contributed by atoms with E-state index in [1.165, 1.54) is 7.11 Å². The third kappa shape index (κ3) is 5.13. The molecule has 7 nitrogen and oxygen atoms in total. The minimum absolute atomic E-state index is 0.00886. The lowest BCUT2D eigenvalue weighted by molar-refractivity contribution is -0.136. The molecule has 1 heterocycles. The Morgan fingerprint density at radius 2 is 1.84 bits per heavy atom. The molecule has 0 aliphatic carbocycles. The monoisotopic (exact) mass is 355 g/mol. The van der Waals surface area contributed by atoms with Crippen LogP contribution in [0.25, 0.3) is 0 Å². The molecule has 1 aromatic rings. The van der Waals surface area contributed by atoms with Gasteiger partial charge in [0, 0.05) is 31.4 Å². The highest BCUT2D eigenvalue weighted by atomic mass is 19.2. The van der Waals surface area contributed by atoms with Crippen LogP contribution in [0.15, 0.2) is 18.2 Å². The molecule has 2 N–H and O–H groups in total. The van der Waals surface area contributed by atoms with E-state index in [0.717, 1.165) is 18.2 Å². The molecule has 0 aromatic heterocycles. The number of nitrogens with one attached hydrogen (secondary N) is 2. The van der Waals surface area contributed by atoms with Crippen LogP contribution in [-0.4, -0.2) is 49.6 Å². The molecule has 136 valence electrons. The first-order valence-electron chi connectivity index (χ1n) is 7.78.